The number of rotatable bonds is 4. The Morgan fingerprint density at radius 2 is 1.36 bits per heavy atom. The molecule has 0 saturated carbocycles. The molecule has 0 N–H and O–H groups in total. The highest BCUT2D eigenvalue weighted by atomic mass is 32.2. The van der Waals surface area contributed by atoms with E-state index in [1.807, 2.05) is 6.92 Å². The molecule has 0 aliphatic heterocycles. The van der Waals surface area contributed by atoms with Gasteiger partial charge in [-0.05, 0) is 19.1 Å². The number of nitrogens with zero attached hydrogens (tertiary/aromatic N) is 4. The first kappa shape index (κ1) is 30.4. The van der Waals surface area contributed by atoms with Gasteiger partial charge in [-0.1, -0.05) is 42.3 Å². The van der Waals surface area contributed by atoms with Gasteiger partial charge in [-0.3, -0.25) is 0 Å². The first-order valence-corrected chi connectivity index (χ1v) is 7.27. The topological polar surface area (TPSA) is 153 Å². The van der Waals surface area contributed by atoms with Gasteiger partial charge in [0, 0.05) is 0 Å². The van der Waals surface area contributed by atoms with Crippen molar-refractivity contribution in [3.8, 4) is 0 Å². The first-order valence-electron chi connectivity index (χ1n) is 5.87. The summed E-state index contributed by atoms with van der Waals surface area (Å²) in [5.74, 6) is 0. The molecule has 0 aliphatic carbocycles. The fourth-order valence-corrected chi connectivity index (χ4v) is 1.69. The number of hydroxylamine groups is 2. The Morgan fingerprint density at radius 1 is 0.960 bits per heavy atom. The first-order chi connectivity index (χ1) is 10.7. The van der Waals surface area contributed by atoms with Crippen molar-refractivity contribution in [1.29, 1.82) is 0 Å². The van der Waals surface area contributed by atoms with Crippen LogP contribution in [0.4, 0.5) is 0 Å². The van der Waals surface area contributed by atoms with Crippen molar-refractivity contribution in [2.75, 3.05) is 28.3 Å². The Labute approximate surface area is 149 Å². The Bertz CT molecular complexity index is 593. The van der Waals surface area contributed by atoms with Crippen molar-refractivity contribution in [3.63, 3.8) is 0 Å². The quantitative estimate of drug-likeness (QED) is 0.434. The molecule has 1 aromatic rings. The van der Waals surface area contributed by atoms with Crippen LogP contribution in [0.3, 0.4) is 0 Å². The van der Waals surface area contributed by atoms with Crippen LogP contribution >= 0.6 is 0 Å². The van der Waals surface area contributed by atoms with Gasteiger partial charge >= 0.3 is 10.1 Å². The number of hydrogen-bond donors (Lipinski definition) is 0. The average Bonchev–Trinajstić information content (AvgIpc) is 2.48. The average molecular weight is 383 g/mol. The summed E-state index contributed by atoms with van der Waals surface area (Å²) in [6.07, 6.45) is 0. The van der Waals surface area contributed by atoms with Crippen LogP contribution in [0.1, 0.15) is 20.4 Å². The van der Waals surface area contributed by atoms with E-state index in [2.05, 4.69) is 19.7 Å². The molecule has 0 atom stereocenters. The fraction of sp³-hybridized carbons (Fsp3) is 0.538. The van der Waals surface area contributed by atoms with Crippen molar-refractivity contribution in [2.45, 2.75) is 26.7 Å². The fourth-order valence-electron chi connectivity index (χ4n) is 0.954. The van der Waals surface area contributed by atoms with Crippen molar-refractivity contribution >= 4 is 10.1 Å². The summed E-state index contributed by atoms with van der Waals surface area (Å²) in [6.45, 7) is 1.83. The normalized spacial score (nSPS) is 10.5. The molecule has 0 amide bonds. The van der Waals surface area contributed by atoms with E-state index in [0.29, 0.717) is 4.86 Å². The van der Waals surface area contributed by atoms with E-state index in [9.17, 15) is 18.8 Å². The molecule has 1 aromatic carbocycles. The maximum absolute atomic E-state index is 11.4. The van der Waals surface area contributed by atoms with Gasteiger partial charge in [-0.2, -0.15) is 15.5 Å². The number of aryl methyl sites for hydroxylation is 1. The SMILES string of the molecule is C.C.CO/N=[N+](/C)[O-].C[O-].Cc1ccc(S(=O)(=O)O/N=[N+](/C)[O-])cc1. The molecule has 0 heterocycles. The molecule has 0 radical (unpaired) electrons. The summed E-state index contributed by atoms with van der Waals surface area (Å²) >= 11 is 0. The molecule has 0 unspecified atom stereocenters. The summed E-state index contributed by atoms with van der Waals surface area (Å²) in [5.41, 5.74) is 0.923. The van der Waals surface area contributed by atoms with Crippen LogP contribution in [0.15, 0.2) is 39.7 Å². The smallest absolute Gasteiger partial charge is 0.363 e. The van der Waals surface area contributed by atoms with E-state index in [1.54, 1.807) is 12.1 Å². The van der Waals surface area contributed by atoms with Crippen molar-refractivity contribution in [3.05, 3.63) is 40.2 Å². The monoisotopic (exact) mass is 383 g/mol. The molecule has 25 heavy (non-hydrogen) atoms. The van der Waals surface area contributed by atoms with Crippen molar-refractivity contribution in [2.24, 2.45) is 10.6 Å². The van der Waals surface area contributed by atoms with Gasteiger partial charge < -0.3 is 20.4 Å². The van der Waals surface area contributed by atoms with Crippen LogP contribution in [0, 0.1) is 17.3 Å². The van der Waals surface area contributed by atoms with E-state index < -0.39 is 10.1 Å². The van der Waals surface area contributed by atoms with Crippen LogP contribution in [-0.4, -0.2) is 46.5 Å². The molecule has 0 fully saturated rings. The number of hydrogen-bond acceptors (Lipinski definition) is 9. The zero-order chi connectivity index (χ0) is 18.5. The Kier molecular flexibility index (Phi) is 19.9. The van der Waals surface area contributed by atoms with Gasteiger partial charge in [-0.25, -0.2) is 4.28 Å². The second-order valence-electron chi connectivity index (χ2n) is 3.62. The Morgan fingerprint density at radius 3 is 1.64 bits per heavy atom. The predicted octanol–water partition coefficient (Wildman–Crippen LogP) is 1.60. The van der Waals surface area contributed by atoms with Crippen LogP contribution in [0.2, 0.25) is 0 Å². The molecule has 0 bridgehead atoms. The molecular weight excluding hydrogens is 356 g/mol. The maximum Gasteiger partial charge on any atom is 0.363 e. The van der Waals surface area contributed by atoms with E-state index in [0.717, 1.165) is 19.7 Å². The zero-order valence-electron chi connectivity index (χ0n) is 13.4. The lowest BCUT2D eigenvalue weighted by Crippen LogP contribution is -2.04. The number of benzene rings is 1. The second kappa shape index (κ2) is 16.4. The van der Waals surface area contributed by atoms with Gasteiger partial charge in [0.15, 0.2) is 19.4 Å². The van der Waals surface area contributed by atoms with Crippen molar-refractivity contribution in [1.82, 2.24) is 0 Å². The minimum absolute atomic E-state index is 0. The Balaban J connectivity index is -0.000000190. The van der Waals surface area contributed by atoms with Crippen molar-refractivity contribution < 1.29 is 32.4 Å². The second-order valence-corrected chi connectivity index (χ2v) is 5.14. The molecular formula is C13H27N4O7S-. The summed E-state index contributed by atoms with van der Waals surface area (Å²) < 4.78 is 26.9. The van der Waals surface area contributed by atoms with Gasteiger partial charge in [0.1, 0.15) is 12.0 Å². The minimum Gasteiger partial charge on any atom is -0.857 e. The molecule has 1 rings (SSSR count). The third kappa shape index (κ3) is 16.2. The predicted molar refractivity (Wildman–Crippen MR) is 89.8 cm³/mol. The highest BCUT2D eigenvalue weighted by molar-refractivity contribution is 7.86. The molecule has 0 saturated heterocycles. The lowest BCUT2D eigenvalue weighted by Gasteiger charge is -1.99. The highest BCUT2D eigenvalue weighted by Gasteiger charge is 2.16. The van der Waals surface area contributed by atoms with E-state index >= 15 is 0 Å². The molecule has 12 heteroatoms. The van der Waals surface area contributed by atoms with Gasteiger partial charge in [0.05, 0.1) is 0 Å². The molecule has 0 spiro atoms. The Hall–Kier alpha value is -2.47. The van der Waals surface area contributed by atoms with Gasteiger partial charge in [0.25, 0.3) is 0 Å². The van der Waals surface area contributed by atoms with Gasteiger partial charge in [-0.15, -0.1) is 0 Å². The summed E-state index contributed by atoms with van der Waals surface area (Å²) in [7, 11) is 0.342. The molecule has 0 aromatic heterocycles. The minimum atomic E-state index is -3.98. The summed E-state index contributed by atoms with van der Waals surface area (Å²) in [4.78, 5) is 4.35. The zero-order valence-corrected chi connectivity index (χ0v) is 14.2. The largest absolute Gasteiger partial charge is 0.857 e. The maximum atomic E-state index is 11.4. The lowest BCUT2D eigenvalue weighted by atomic mass is 10.2. The molecule has 148 valence electrons. The third-order valence-corrected chi connectivity index (χ3v) is 2.87. The van der Waals surface area contributed by atoms with Crippen LogP contribution in [0.5, 0.6) is 0 Å². The lowest BCUT2D eigenvalue weighted by molar-refractivity contribution is -0.528. The van der Waals surface area contributed by atoms with Gasteiger partial charge in [0.2, 0.25) is 5.28 Å². The highest BCUT2D eigenvalue weighted by Crippen LogP contribution is 2.13. The van der Waals surface area contributed by atoms with E-state index in [-0.39, 0.29) is 24.6 Å². The van der Waals surface area contributed by atoms with Crippen LogP contribution in [-0.2, 0) is 19.2 Å². The standard InChI is InChI=1S/C8H10N2O4S.C2H6N2O2.CH3O.2CH4/c1-7-3-5-8(6-4-7)15(12,13)14-9-10(2)11;1-4(5)3-6-2;1-2;;/h3-6H,1-2H3;1-2H3;1H3;2*1H4/q;;-1;;/b10-9-;4-3-;;;. The van der Waals surface area contributed by atoms with Crippen LogP contribution < -0.4 is 5.11 Å². The van der Waals surface area contributed by atoms with E-state index in [1.165, 1.54) is 26.3 Å². The molecule has 11 nitrogen and oxygen atoms in total. The third-order valence-electron chi connectivity index (χ3n) is 1.75. The molecule has 0 aliphatic rings. The summed E-state index contributed by atoms with van der Waals surface area (Å²) in [6, 6.07) is 6.00. The summed E-state index contributed by atoms with van der Waals surface area (Å²) in [5, 5.41) is 33.9. The van der Waals surface area contributed by atoms with E-state index in [4.69, 9.17) is 5.11 Å². The van der Waals surface area contributed by atoms with Crippen LogP contribution in [0.25, 0.3) is 0 Å².